The highest BCUT2D eigenvalue weighted by Crippen LogP contribution is 2.28. The summed E-state index contributed by atoms with van der Waals surface area (Å²) in [6, 6.07) is 21.7. The molecule has 0 atom stereocenters. The molecule has 5 rings (SSSR count). The predicted octanol–water partition coefficient (Wildman–Crippen LogP) is 5.62. The first kappa shape index (κ1) is 20.3. The van der Waals surface area contributed by atoms with E-state index in [1.807, 2.05) is 43.3 Å². The second-order valence-corrected chi connectivity index (χ2v) is 7.55. The van der Waals surface area contributed by atoms with Crippen LogP contribution in [-0.4, -0.2) is 23.2 Å². The molecule has 0 radical (unpaired) electrons. The van der Waals surface area contributed by atoms with E-state index in [-0.39, 0.29) is 11.3 Å². The van der Waals surface area contributed by atoms with Crippen molar-refractivity contribution in [3.8, 4) is 11.3 Å². The number of rotatable bonds is 5. The van der Waals surface area contributed by atoms with Gasteiger partial charge in [-0.3, -0.25) is 4.79 Å². The molecule has 2 heterocycles. The van der Waals surface area contributed by atoms with Gasteiger partial charge in [0, 0.05) is 10.9 Å². The van der Waals surface area contributed by atoms with Crippen molar-refractivity contribution < 1.29 is 23.5 Å². The number of carboxylic acid groups (broad SMARTS) is 1. The van der Waals surface area contributed by atoms with Crippen LogP contribution in [0.3, 0.4) is 0 Å². The molecule has 1 amide bonds. The van der Waals surface area contributed by atoms with Gasteiger partial charge in [-0.15, -0.1) is 0 Å². The van der Waals surface area contributed by atoms with Crippen LogP contribution in [0.25, 0.3) is 33.1 Å². The molecule has 0 aliphatic carbocycles. The van der Waals surface area contributed by atoms with Crippen LogP contribution < -0.4 is 5.43 Å². The highest BCUT2D eigenvalue weighted by Gasteiger charge is 2.14. The summed E-state index contributed by atoms with van der Waals surface area (Å²) in [5.41, 5.74) is 4.84. The Kier molecular flexibility index (Phi) is 4.99. The number of carbonyl (C=O) groups is 2. The summed E-state index contributed by atoms with van der Waals surface area (Å²) in [7, 11) is 0. The van der Waals surface area contributed by atoms with Crippen molar-refractivity contribution in [2.75, 3.05) is 0 Å². The van der Waals surface area contributed by atoms with E-state index >= 15 is 0 Å². The van der Waals surface area contributed by atoms with Crippen LogP contribution in [0, 0.1) is 6.92 Å². The van der Waals surface area contributed by atoms with Gasteiger partial charge >= 0.3 is 11.9 Å². The van der Waals surface area contributed by atoms with Crippen LogP contribution in [0.15, 0.2) is 86.7 Å². The SMILES string of the molecule is Cc1cc(C(=O)O)ccc1-c1ccc(/C=N\NC(=O)c2cc3c(ccc4ccccc43)o2)o1. The predicted molar refractivity (Wildman–Crippen MR) is 125 cm³/mol. The highest BCUT2D eigenvalue weighted by molar-refractivity contribution is 6.08. The van der Waals surface area contributed by atoms with Crippen molar-refractivity contribution in [2.45, 2.75) is 6.92 Å². The molecule has 3 aromatic carbocycles. The molecular weight excluding hydrogens is 420 g/mol. The van der Waals surface area contributed by atoms with Gasteiger partial charge in [0.25, 0.3) is 0 Å². The quantitative estimate of drug-likeness (QED) is 0.274. The maximum absolute atomic E-state index is 12.5. The Morgan fingerprint density at radius 1 is 0.939 bits per heavy atom. The number of carbonyl (C=O) groups excluding carboxylic acids is 1. The van der Waals surface area contributed by atoms with E-state index in [0.29, 0.717) is 17.1 Å². The summed E-state index contributed by atoms with van der Waals surface area (Å²) < 4.78 is 11.5. The van der Waals surface area contributed by atoms with Gasteiger partial charge in [-0.05, 0) is 59.7 Å². The molecular formula is C26H18N2O5. The highest BCUT2D eigenvalue weighted by atomic mass is 16.4. The number of furan rings is 2. The number of aromatic carboxylic acids is 1. The Labute approximate surface area is 187 Å². The standard InChI is InChI=1S/C26H18N2O5/c1-15-12-17(26(30)31)6-9-19(15)22-11-8-18(32-22)14-27-28-25(29)24-13-21-20-5-3-2-4-16(20)7-10-23(21)33-24/h2-14H,1H3,(H,28,29)(H,30,31)/b27-14-. The molecule has 5 aromatic rings. The number of hydrogen-bond donors (Lipinski definition) is 2. The number of aryl methyl sites for hydroxylation is 1. The molecule has 0 fully saturated rings. The van der Waals surface area contributed by atoms with E-state index in [4.69, 9.17) is 13.9 Å². The molecule has 0 spiro atoms. The van der Waals surface area contributed by atoms with E-state index in [1.54, 1.807) is 30.3 Å². The fourth-order valence-electron chi connectivity index (χ4n) is 3.75. The Balaban J connectivity index is 1.31. The number of carboxylic acids is 1. The maximum atomic E-state index is 12.5. The smallest absolute Gasteiger partial charge is 0.335 e. The molecule has 2 N–H and O–H groups in total. The van der Waals surface area contributed by atoms with Gasteiger partial charge in [-0.1, -0.05) is 36.4 Å². The van der Waals surface area contributed by atoms with Crippen molar-refractivity contribution in [3.63, 3.8) is 0 Å². The average Bonchev–Trinajstić information content (AvgIpc) is 3.46. The molecule has 2 aromatic heterocycles. The summed E-state index contributed by atoms with van der Waals surface area (Å²) in [6.45, 7) is 1.81. The van der Waals surface area contributed by atoms with E-state index in [0.717, 1.165) is 27.3 Å². The van der Waals surface area contributed by atoms with Crippen LogP contribution in [0.2, 0.25) is 0 Å². The first-order valence-electron chi connectivity index (χ1n) is 10.2. The van der Waals surface area contributed by atoms with E-state index in [9.17, 15) is 9.59 Å². The number of nitrogens with one attached hydrogen (secondary N) is 1. The minimum atomic E-state index is -0.981. The molecule has 162 valence electrons. The summed E-state index contributed by atoms with van der Waals surface area (Å²) in [6.07, 6.45) is 1.39. The lowest BCUT2D eigenvalue weighted by Gasteiger charge is -2.03. The van der Waals surface area contributed by atoms with Gasteiger partial charge in [-0.2, -0.15) is 5.10 Å². The molecule has 0 aliphatic heterocycles. The number of benzene rings is 3. The zero-order valence-electron chi connectivity index (χ0n) is 17.5. The number of fused-ring (bicyclic) bond motifs is 3. The Hall–Kier alpha value is -4.65. The van der Waals surface area contributed by atoms with Crippen LogP contribution in [0.1, 0.15) is 32.2 Å². The third-order valence-corrected chi connectivity index (χ3v) is 5.37. The van der Waals surface area contributed by atoms with Crippen LogP contribution in [-0.2, 0) is 0 Å². The maximum Gasteiger partial charge on any atom is 0.335 e. The zero-order valence-corrected chi connectivity index (χ0v) is 17.5. The number of nitrogens with zero attached hydrogens (tertiary/aromatic N) is 1. The van der Waals surface area contributed by atoms with Gasteiger partial charge < -0.3 is 13.9 Å². The van der Waals surface area contributed by atoms with Gasteiger partial charge in [0.05, 0.1) is 11.8 Å². The summed E-state index contributed by atoms with van der Waals surface area (Å²) in [5.74, 6) is -0.291. The fraction of sp³-hybridized carbons (Fsp3) is 0.0385. The normalized spacial score (nSPS) is 11.4. The number of amides is 1. The van der Waals surface area contributed by atoms with Crippen LogP contribution in [0.5, 0.6) is 0 Å². The molecule has 0 unspecified atom stereocenters. The van der Waals surface area contributed by atoms with Crippen molar-refractivity contribution >= 4 is 39.8 Å². The van der Waals surface area contributed by atoms with Crippen molar-refractivity contribution in [2.24, 2.45) is 5.10 Å². The molecule has 7 nitrogen and oxygen atoms in total. The van der Waals surface area contributed by atoms with Gasteiger partial charge in [-0.25, -0.2) is 10.2 Å². The summed E-state index contributed by atoms with van der Waals surface area (Å²) >= 11 is 0. The molecule has 0 saturated carbocycles. The second-order valence-electron chi connectivity index (χ2n) is 7.55. The molecule has 33 heavy (non-hydrogen) atoms. The Morgan fingerprint density at radius 3 is 2.61 bits per heavy atom. The first-order valence-corrected chi connectivity index (χ1v) is 10.2. The topological polar surface area (TPSA) is 105 Å². The van der Waals surface area contributed by atoms with E-state index in [1.165, 1.54) is 12.3 Å². The van der Waals surface area contributed by atoms with E-state index < -0.39 is 11.9 Å². The lowest BCUT2D eigenvalue weighted by Crippen LogP contribution is -2.16. The molecule has 0 bridgehead atoms. The van der Waals surface area contributed by atoms with Gasteiger partial charge in [0.1, 0.15) is 17.1 Å². The minimum absolute atomic E-state index is 0.160. The largest absolute Gasteiger partial charge is 0.478 e. The zero-order chi connectivity index (χ0) is 22.9. The fourth-order valence-corrected chi connectivity index (χ4v) is 3.75. The Bertz CT molecular complexity index is 1560. The monoisotopic (exact) mass is 438 g/mol. The minimum Gasteiger partial charge on any atom is -0.478 e. The summed E-state index contributed by atoms with van der Waals surface area (Å²) in [4.78, 5) is 23.6. The third-order valence-electron chi connectivity index (χ3n) is 5.37. The number of hydrazone groups is 1. The molecule has 0 saturated heterocycles. The lowest BCUT2D eigenvalue weighted by atomic mass is 10.0. The van der Waals surface area contributed by atoms with Crippen LogP contribution in [0.4, 0.5) is 0 Å². The summed E-state index contributed by atoms with van der Waals surface area (Å²) in [5, 5.41) is 16.0. The van der Waals surface area contributed by atoms with Crippen molar-refractivity contribution in [1.29, 1.82) is 0 Å². The molecule has 7 heteroatoms. The van der Waals surface area contributed by atoms with Crippen molar-refractivity contribution in [1.82, 2.24) is 5.43 Å². The second kappa shape index (κ2) is 8.12. The Morgan fingerprint density at radius 2 is 1.79 bits per heavy atom. The van der Waals surface area contributed by atoms with Crippen LogP contribution >= 0.6 is 0 Å². The van der Waals surface area contributed by atoms with E-state index in [2.05, 4.69) is 10.5 Å². The van der Waals surface area contributed by atoms with Crippen molar-refractivity contribution in [3.05, 3.63) is 95.4 Å². The lowest BCUT2D eigenvalue weighted by molar-refractivity contribution is 0.0696. The first-order chi connectivity index (χ1) is 16.0. The average molecular weight is 438 g/mol. The van der Waals surface area contributed by atoms with Gasteiger partial charge in [0.15, 0.2) is 5.76 Å². The van der Waals surface area contributed by atoms with Gasteiger partial charge in [0.2, 0.25) is 0 Å². The molecule has 0 aliphatic rings. The number of hydrogen-bond acceptors (Lipinski definition) is 5. The third kappa shape index (κ3) is 3.87.